The average molecular weight is 329 g/mol. The van der Waals surface area contributed by atoms with Gasteiger partial charge in [-0.1, -0.05) is 12.1 Å². The van der Waals surface area contributed by atoms with Crippen molar-refractivity contribution < 1.29 is 18.4 Å². The van der Waals surface area contributed by atoms with Crippen molar-refractivity contribution in [1.82, 2.24) is 5.32 Å². The number of rotatable bonds is 5. The Morgan fingerprint density at radius 1 is 1.17 bits per heavy atom. The van der Waals surface area contributed by atoms with Crippen molar-refractivity contribution in [3.63, 3.8) is 0 Å². The third-order valence-corrected chi connectivity index (χ3v) is 3.33. The van der Waals surface area contributed by atoms with E-state index in [2.05, 4.69) is 5.32 Å². The van der Waals surface area contributed by atoms with Crippen LogP contribution in [0.1, 0.15) is 21.5 Å². The number of nitrogens with zero attached hydrogens (tertiary/aromatic N) is 1. The zero-order valence-corrected chi connectivity index (χ0v) is 12.4. The Kier molecular flexibility index (Phi) is 5.22. The standard InChI is InChI=1S/C17H13F2N3O2/c18-13-5-4-12(8-14(13)19)17(24)22-15(16(21)23)7-10-2-1-3-11(6-10)9-20/h1-6,8,15H,7H2,(H2,21,23)(H,22,24)/t15-/m0/s1. The molecule has 0 saturated carbocycles. The molecule has 1 atom stereocenters. The first-order valence-electron chi connectivity index (χ1n) is 6.95. The first-order valence-corrected chi connectivity index (χ1v) is 6.95. The highest BCUT2D eigenvalue weighted by Gasteiger charge is 2.20. The Labute approximate surface area is 136 Å². The predicted octanol–water partition coefficient (Wildman–Crippen LogP) is 1.66. The van der Waals surface area contributed by atoms with Crippen molar-refractivity contribution in [2.24, 2.45) is 5.73 Å². The maximum absolute atomic E-state index is 13.2. The fourth-order valence-corrected chi connectivity index (χ4v) is 2.11. The Bertz CT molecular complexity index is 831. The molecule has 0 aliphatic heterocycles. The van der Waals surface area contributed by atoms with Crippen LogP contribution in [0.15, 0.2) is 42.5 Å². The number of hydrogen-bond acceptors (Lipinski definition) is 3. The normalized spacial score (nSPS) is 11.4. The van der Waals surface area contributed by atoms with Gasteiger partial charge >= 0.3 is 0 Å². The fourth-order valence-electron chi connectivity index (χ4n) is 2.11. The van der Waals surface area contributed by atoms with Crippen LogP contribution in [0.4, 0.5) is 8.78 Å². The molecule has 122 valence electrons. The Morgan fingerprint density at radius 3 is 2.54 bits per heavy atom. The number of nitrogens with two attached hydrogens (primary N) is 1. The lowest BCUT2D eigenvalue weighted by Gasteiger charge is -2.16. The second-order valence-electron chi connectivity index (χ2n) is 5.07. The Balaban J connectivity index is 2.16. The van der Waals surface area contributed by atoms with Gasteiger partial charge in [0, 0.05) is 12.0 Å². The van der Waals surface area contributed by atoms with Crippen LogP contribution >= 0.6 is 0 Å². The molecular weight excluding hydrogens is 316 g/mol. The van der Waals surface area contributed by atoms with Gasteiger partial charge in [-0.25, -0.2) is 8.78 Å². The zero-order valence-electron chi connectivity index (χ0n) is 12.4. The maximum Gasteiger partial charge on any atom is 0.252 e. The van der Waals surface area contributed by atoms with E-state index >= 15 is 0 Å². The summed E-state index contributed by atoms with van der Waals surface area (Å²) in [5, 5.41) is 11.3. The summed E-state index contributed by atoms with van der Waals surface area (Å²) in [5.74, 6) is -3.78. The molecule has 0 spiro atoms. The number of primary amides is 1. The van der Waals surface area contributed by atoms with E-state index < -0.39 is 29.5 Å². The number of hydrogen-bond donors (Lipinski definition) is 2. The molecule has 7 heteroatoms. The molecule has 0 heterocycles. The van der Waals surface area contributed by atoms with Crippen LogP contribution in [0.2, 0.25) is 0 Å². The molecule has 0 bridgehead atoms. The lowest BCUT2D eigenvalue weighted by Crippen LogP contribution is -2.45. The summed E-state index contributed by atoms with van der Waals surface area (Å²) in [5.41, 5.74) is 6.18. The second kappa shape index (κ2) is 7.33. The molecule has 0 aliphatic rings. The summed E-state index contributed by atoms with van der Waals surface area (Å²) in [6.07, 6.45) is 0.0697. The summed E-state index contributed by atoms with van der Waals surface area (Å²) in [7, 11) is 0. The molecule has 0 aliphatic carbocycles. The molecule has 0 saturated heterocycles. The van der Waals surface area contributed by atoms with E-state index in [1.165, 1.54) is 0 Å². The van der Waals surface area contributed by atoms with Gasteiger partial charge in [-0.2, -0.15) is 5.26 Å². The summed E-state index contributed by atoms with van der Waals surface area (Å²) in [6.45, 7) is 0. The van der Waals surface area contributed by atoms with Gasteiger partial charge in [0.15, 0.2) is 11.6 Å². The van der Waals surface area contributed by atoms with Crippen molar-refractivity contribution in [1.29, 1.82) is 5.26 Å². The Morgan fingerprint density at radius 2 is 1.92 bits per heavy atom. The molecule has 3 N–H and O–H groups in total. The van der Waals surface area contributed by atoms with Crippen molar-refractivity contribution in [2.75, 3.05) is 0 Å². The van der Waals surface area contributed by atoms with Crippen LogP contribution in [0, 0.1) is 23.0 Å². The third kappa shape index (κ3) is 4.14. The van der Waals surface area contributed by atoms with Gasteiger partial charge in [-0.15, -0.1) is 0 Å². The SMILES string of the molecule is N#Cc1cccc(C[C@H](NC(=O)c2ccc(F)c(F)c2)C(N)=O)c1. The first-order chi connectivity index (χ1) is 11.4. The molecule has 2 amide bonds. The largest absolute Gasteiger partial charge is 0.368 e. The van der Waals surface area contributed by atoms with Crippen molar-refractivity contribution in [2.45, 2.75) is 12.5 Å². The highest BCUT2D eigenvalue weighted by molar-refractivity contribution is 5.97. The second-order valence-corrected chi connectivity index (χ2v) is 5.07. The predicted molar refractivity (Wildman–Crippen MR) is 81.7 cm³/mol. The number of benzene rings is 2. The van der Waals surface area contributed by atoms with E-state index in [0.717, 1.165) is 18.2 Å². The van der Waals surface area contributed by atoms with Crippen molar-refractivity contribution >= 4 is 11.8 Å². The van der Waals surface area contributed by atoms with E-state index in [-0.39, 0.29) is 12.0 Å². The number of nitriles is 1. The molecular formula is C17H13F2N3O2. The van der Waals surface area contributed by atoms with Crippen LogP contribution in [0.25, 0.3) is 0 Å². The van der Waals surface area contributed by atoms with Gasteiger partial charge in [0.25, 0.3) is 5.91 Å². The average Bonchev–Trinajstić information content (AvgIpc) is 2.56. The van der Waals surface area contributed by atoms with Gasteiger partial charge in [-0.3, -0.25) is 9.59 Å². The smallest absolute Gasteiger partial charge is 0.252 e. The van der Waals surface area contributed by atoms with Crippen LogP contribution in [0.3, 0.4) is 0 Å². The zero-order chi connectivity index (χ0) is 17.7. The van der Waals surface area contributed by atoms with Gasteiger partial charge in [0.1, 0.15) is 6.04 Å². The minimum atomic E-state index is -1.17. The third-order valence-electron chi connectivity index (χ3n) is 3.33. The topological polar surface area (TPSA) is 96.0 Å². The molecule has 5 nitrogen and oxygen atoms in total. The molecule has 0 unspecified atom stereocenters. The van der Waals surface area contributed by atoms with Gasteiger partial charge in [0.05, 0.1) is 11.6 Å². The molecule has 0 fully saturated rings. The number of carbonyl (C=O) groups excluding carboxylic acids is 2. The van der Waals surface area contributed by atoms with E-state index in [4.69, 9.17) is 11.0 Å². The number of carbonyl (C=O) groups is 2. The van der Waals surface area contributed by atoms with Crippen LogP contribution in [0.5, 0.6) is 0 Å². The van der Waals surface area contributed by atoms with Crippen LogP contribution in [-0.2, 0) is 11.2 Å². The molecule has 2 aromatic carbocycles. The quantitative estimate of drug-likeness (QED) is 0.873. The maximum atomic E-state index is 13.2. The highest BCUT2D eigenvalue weighted by Crippen LogP contribution is 2.10. The summed E-state index contributed by atoms with van der Waals surface area (Å²) < 4.78 is 26.1. The Hall–Kier alpha value is -3.27. The molecule has 0 radical (unpaired) electrons. The highest BCUT2D eigenvalue weighted by atomic mass is 19.2. The van der Waals surface area contributed by atoms with Gasteiger partial charge in [0.2, 0.25) is 5.91 Å². The fraction of sp³-hybridized carbons (Fsp3) is 0.118. The monoisotopic (exact) mass is 329 g/mol. The first kappa shape index (κ1) is 17.1. The summed E-state index contributed by atoms with van der Waals surface area (Å²) in [4.78, 5) is 23.6. The molecule has 24 heavy (non-hydrogen) atoms. The minimum Gasteiger partial charge on any atom is -0.368 e. The van der Waals surface area contributed by atoms with Crippen molar-refractivity contribution in [3.8, 4) is 6.07 Å². The number of nitrogens with one attached hydrogen (secondary N) is 1. The summed E-state index contributed by atoms with van der Waals surface area (Å²) in [6, 6.07) is 10.1. The summed E-state index contributed by atoms with van der Waals surface area (Å²) >= 11 is 0. The lowest BCUT2D eigenvalue weighted by molar-refractivity contribution is -0.119. The van der Waals surface area contributed by atoms with E-state index in [0.29, 0.717) is 11.1 Å². The van der Waals surface area contributed by atoms with E-state index in [9.17, 15) is 18.4 Å². The van der Waals surface area contributed by atoms with Crippen LogP contribution < -0.4 is 11.1 Å². The number of amides is 2. The molecule has 0 aromatic heterocycles. The van der Waals surface area contributed by atoms with Gasteiger partial charge in [-0.05, 0) is 35.9 Å². The van der Waals surface area contributed by atoms with Crippen molar-refractivity contribution in [3.05, 3.63) is 70.8 Å². The van der Waals surface area contributed by atoms with E-state index in [1.807, 2.05) is 6.07 Å². The van der Waals surface area contributed by atoms with Gasteiger partial charge < -0.3 is 11.1 Å². The molecule has 2 rings (SSSR count). The van der Waals surface area contributed by atoms with Crippen LogP contribution in [-0.4, -0.2) is 17.9 Å². The lowest BCUT2D eigenvalue weighted by atomic mass is 10.0. The minimum absolute atomic E-state index is 0.0697. The molecule has 2 aromatic rings. The van der Waals surface area contributed by atoms with E-state index in [1.54, 1.807) is 24.3 Å². The number of halogens is 2.